The van der Waals surface area contributed by atoms with E-state index in [1.54, 1.807) is 28.9 Å². The fourth-order valence-electron chi connectivity index (χ4n) is 1.90. The lowest BCUT2D eigenvalue weighted by Gasteiger charge is -2.15. The van der Waals surface area contributed by atoms with E-state index >= 15 is 0 Å². The monoisotopic (exact) mass is 314 g/mol. The maximum Gasteiger partial charge on any atom is 0.131 e. The van der Waals surface area contributed by atoms with Gasteiger partial charge in [-0.05, 0) is 24.6 Å². The first-order chi connectivity index (χ1) is 9.61. The topological polar surface area (TPSA) is 47.3 Å². The van der Waals surface area contributed by atoms with E-state index in [-0.39, 0.29) is 6.61 Å². The number of benzene rings is 1. The Bertz CT molecular complexity index is 572. The van der Waals surface area contributed by atoms with E-state index in [0.29, 0.717) is 28.0 Å². The molecular formula is C14H16Cl2N2O2. The highest BCUT2D eigenvalue weighted by Crippen LogP contribution is 2.24. The molecule has 4 nitrogen and oxygen atoms in total. The summed E-state index contributed by atoms with van der Waals surface area (Å²) in [6.07, 6.45) is 1.61. The Kier molecular flexibility index (Phi) is 5.29. The van der Waals surface area contributed by atoms with Crippen molar-refractivity contribution in [2.24, 2.45) is 0 Å². The molecule has 20 heavy (non-hydrogen) atoms. The number of hydrogen-bond donors (Lipinski definition) is 1. The van der Waals surface area contributed by atoms with Crippen LogP contribution >= 0.6 is 23.2 Å². The quantitative estimate of drug-likeness (QED) is 0.884. The summed E-state index contributed by atoms with van der Waals surface area (Å²) in [7, 11) is 0. The summed E-state index contributed by atoms with van der Waals surface area (Å²) in [5.41, 5.74) is 0.579. The Labute approximate surface area is 127 Å². The van der Waals surface area contributed by atoms with Crippen LogP contribution in [0.15, 0.2) is 30.5 Å². The Morgan fingerprint density at radius 2 is 2.20 bits per heavy atom. The van der Waals surface area contributed by atoms with Gasteiger partial charge in [-0.15, -0.1) is 0 Å². The third-order valence-corrected chi connectivity index (χ3v) is 3.31. The van der Waals surface area contributed by atoms with Crippen LogP contribution in [0.1, 0.15) is 25.1 Å². The minimum atomic E-state index is -0.837. The van der Waals surface area contributed by atoms with E-state index in [1.807, 2.05) is 6.92 Å². The summed E-state index contributed by atoms with van der Waals surface area (Å²) in [5, 5.41) is 15.4. The minimum Gasteiger partial charge on any atom is -0.490 e. The van der Waals surface area contributed by atoms with E-state index in [9.17, 15) is 5.11 Å². The van der Waals surface area contributed by atoms with Gasteiger partial charge in [0.15, 0.2) is 0 Å². The lowest BCUT2D eigenvalue weighted by atomic mass is 10.2. The number of halogens is 2. The first-order valence-electron chi connectivity index (χ1n) is 6.39. The van der Waals surface area contributed by atoms with E-state index in [2.05, 4.69) is 5.10 Å². The Hall–Kier alpha value is -1.23. The van der Waals surface area contributed by atoms with Crippen LogP contribution in [-0.4, -0.2) is 21.5 Å². The highest BCUT2D eigenvalue weighted by atomic mass is 35.5. The first kappa shape index (κ1) is 15.2. The molecule has 2 aromatic rings. The van der Waals surface area contributed by atoms with E-state index < -0.39 is 6.10 Å². The van der Waals surface area contributed by atoms with Crippen molar-refractivity contribution in [3.8, 4) is 5.75 Å². The molecule has 1 aromatic heterocycles. The molecule has 0 saturated heterocycles. The second kappa shape index (κ2) is 6.97. The number of rotatable bonds is 6. The molecular weight excluding hydrogens is 299 g/mol. The van der Waals surface area contributed by atoms with Gasteiger partial charge in [0, 0.05) is 11.6 Å². The van der Waals surface area contributed by atoms with Crippen molar-refractivity contribution < 1.29 is 9.84 Å². The summed E-state index contributed by atoms with van der Waals surface area (Å²) < 4.78 is 7.23. The predicted octanol–water partition coefficient (Wildman–Crippen LogP) is 3.71. The zero-order chi connectivity index (χ0) is 14.5. The molecule has 1 N–H and O–H groups in total. The van der Waals surface area contributed by atoms with Gasteiger partial charge in [-0.25, -0.2) is 0 Å². The molecule has 6 heteroatoms. The van der Waals surface area contributed by atoms with Crippen LogP contribution in [0, 0.1) is 0 Å². The zero-order valence-corrected chi connectivity index (χ0v) is 12.6. The summed E-state index contributed by atoms with van der Waals surface area (Å²) >= 11 is 11.9. The number of ether oxygens (including phenoxy) is 1. The number of nitrogens with zero attached hydrogens (tertiary/aromatic N) is 2. The molecule has 1 atom stereocenters. The highest BCUT2D eigenvalue weighted by molar-refractivity contribution is 6.31. The van der Waals surface area contributed by atoms with Crippen molar-refractivity contribution >= 4 is 23.2 Å². The van der Waals surface area contributed by atoms with Crippen molar-refractivity contribution in [1.82, 2.24) is 9.78 Å². The SMILES string of the molecule is CCCn1ncc(Cl)c1C(O)COc1cccc(Cl)c1. The number of aliphatic hydroxyl groups excluding tert-OH is 1. The van der Waals surface area contributed by atoms with Crippen LogP contribution < -0.4 is 4.74 Å². The van der Waals surface area contributed by atoms with Crippen molar-refractivity contribution in [3.63, 3.8) is 0 Å². The molecule has 0 spiro atoms. The smallest absolute Gasteiger partial charge is 0.131 e. The lowest BCUT2D eigenvalue weighted by molar-refractivity contribution is 0.100. The highest BCUT2D eigenvalue weighted by Gasteiger charge is 2.18. The molecule has 0 saturated carbocycles. The molecule has 1 aromatic carbocycles. The first-order valence-corrected chi connectivity index (χ1v) is 7.15. The third kappa shape index (κ3) is 3.66. The average Bonchev–Trinajstić information content (AvgIpc) is 2.78. The van der Waals surface area contributed by atoms with Gasteiger partial charge in [0.25, 0.3) is 0 Å². The molecule has 0 fully saturated rings. The van der Waals surface area contributed by atoms with Crippen molar-refractivity contribution in [1.29, 1.82) is 0 Å². The van der Waals surface area contributed by atoms with Crippen LogP contribution in [0.2, 0.25) is 10.0 Å². The molecule has 0 bridgehead atoms. The Morgan fingerprint density at radius 1 is 1.40 bits per heavy atom. The summed E-state index contributed by atoms with van der Waals surface area (Å²) in [4.78, 5) is 0. The predicted molar refractivity (Wildman–Crippen MR) is 79.4 cm³/mol. The Balaban J connectivity index is 2.05. The summed E-state index contributed by atoms with van der Waals surface area (Å²) in [5.74, 6) is 0.606. The number of aryl methyl sites for hydroxylation is 1. The number of aliphatic hydroxyl groups is 1. The van der Waals surface area contributed by atoms with Crippen molar-refractivity contribution in [3.05, 3.63) is 46.2 Å². The zero-order valence-electron chi connectivity index (χ0n) is 11.1. The van der Waals surface area contributed by atoms with Crippen LogP contribution in [0.3, 0.4) is 0 Å². The molecule has 108 valence electrons. The molecule has 2 rings (SSSR count). The molecule has 1 heterocycles. The van der Waals surface area contributed by atoms with Gasteiger partial charge in [0.05, 0.1) is 16.9 Å². The largest absolute Gasteiger partial charge is 0.490 e. The van der Waals surface area contributed by atoms with E-state index in [0.717, 1.165) is 6.42 Å². The van der Waals surface area contributed by atoms with Crippen LogP contribution in [0.25, 0.3) is 0 Å². The second-order valence-electron chi connectivity index (χ2n) is 4.39. The van der Waals surface area contributed by atoms with Gasteiger partial charge in [0.1, 0.15) is 18.5 Å². The van der Waals surface area contributed by atoms with Gasteiger partial charge < -0.3 is 9.84 Å². The molecule has 0 radical (unpaired) electrons. The van der Waals surface area contributed by atoms with Gasteiger partial charge >= 0.3 is 0 Å². The average molecular weight is 315 g/mol. The molecule has 0 aliphatic rings. The van der Waals surface area contributed by atoms with Gasteiger partial charge in [0.2, 0.25) is 0 Å². The van der Waals surface area contributed by atoms with Crippen molar-refractivity contribution in [2.45, 2.75) is 26.0 Å². The molecule has 0 aliphatic carbocycles. The third-order valence-electron chi connectivity index (χ3n) is 2.79. The maximum absolute atomic E-state index is 10.2. The van der Waals surface area contributed by atoms with Gasteiger partial charge in [-0.2, -0.15) is 5.10 Å². The number of aromatic nitrogens is 2. The normalized spacial score (nSPS) is 12.4. The Morgan fingerprint density at radius 3 is 2.90 bits per heavy atom. The van der Waals surface area contributed by atoms with Crippen molar-refractivity contribution in [2.75, 3.05) is 6.61 Å². The van der Waals surface area contributed by atoms with Gasteiger partial charge in [-0.1, -0.05) is 36.2 Å². The second-order valence-corrected chi connectivity index (χ2v) is 5.23. The molecule has 1 unspecified atom stereocenters. The molecule has 0 amide bonds. The minimum absolute atomic E-state index is 0.0927. The maximum atomic E-state index is 10.2. The van der Waals surface area contributed by atoms with E-state index in [1.165, 1.54) is 6.20 Å². The molecule has 0 aliphatic heterocycles. The van der Waals surface area contributed by atoms with E-state index in [4.69, 9.17) is 27.9 Å². The lowest BCUT2D eigenvalue weighted by Crippen LogP contribution is -2.15. The summed E-state index contributed by atoms with van der Waals surface area (Å²) in [6.45, 7) is 2.83. The van der Waals surface area contributed by atoms with Gasteiger partial charge in [-0.3, -0.25) is 4.68 Å². The van der Waals surface area contributed by atoms with Crippen LogP contribution in [-0.2, 0) is 6.54 Å². The van der Waals surface area contributed by atoms with Crippen LogP contribution in [0.5, 0.6) is 5.75 Å². The summed E-state index contributed by atoms with van der Waals surface area (Å²) in [6, 6.07) is 7.03. The standard InChI is InChI=1S/C14H16Cl2N2O2/c1-2-6-18-14(12(16)8-17-18)13(19)9-20-11-5-3-4-10(15)7-11/h3-5,7-8,13,19H,2,6,9H2,1H3. The van der Waals surface area contributed by atoms with Crippen LogP contribution in [0.4, 0.5) is 0 Å². The fraction of sp³-hybridized carbons (Fsp3) is 0.357. The fourth-order valence-corrected chi connectivity index (χ4v) is 2.35. The number of hydrogen-bond acceptors (Lipinski definition) is 3.